The van der Waals surface area contributed by atoms with Gasteiger partial charge in [-0.25, -0.2) is 4.98 Å². The van der Waals surface area contributed by atoms with Gasteiger partial charge in [-0.3, -0.25) is 14.6 Å². The normalized spacial score (nSPS) is 13.1. The Morgan fingerprint density at radius 1 is 1.03 bits per heavy atom. The summed E-state index contributed by atoms with van der Waals surface area (Å²) in [4.78, 5) is 33.9. The van der Waals surface area contributed by atoms with E-state index in [1.54, 1.807) is 24.7 Å². The molecule has 5 rings (SSSR count). The van der Waals surface area contributed by atoms with Gasteiger partial charge in [-0.15, -0.1) is 0 Å². The van der Waals surface area contributed by atoms with Gasteiger partial charge < -0.3 is 15.2 Å². The predicted octanol–water partition coefficient (Wildman–Crippen LogP) is 3.53. The van der Waals surface area contributed by atoms with Crippen molar-refractivity contribution in [3.05, 3.63) is 89.5 Å². The Morgan fingerprint density at radius 2 is 1.79 bits per heavy atom. The van der Waals surface area contributed by atoms with Gasteiger partial charge in [-0.05, 0) is 48.2 Å². The molecule has 2 aromatic heterocycles. The van der Waals surface area contributed by atoms with E-state index in [1.807, 2.05) is 34.9 Å². The molecule has 0 bridgehead atoms. The number of amides is 2. The van der Waals surface area contributed by atoms with Crippen molar-refractivity contribution in [2.45, 2.75) is 38.8 Å². The van der Waals surface area contributed by atoms with Crippen LogP contribution in [0.5, 0.6) is 0 Å². The van der Waals surface area contributed by atoms with Crippen LogP contribution in [0.4, 0.5) is 5.69 Å². The molecule has 0 saturated carbocycles. The van der Waals surface area contributed by atoms with E-state index in [1.165, 1.54) is 18.1 Å². The molecule has 2 amide bonds. The van der Waals surface area contributed by atoms with Gasteiger partial charge in [-0.2, -0.15) is 0 Å². The van der Waals surface area contributed by atoms with Gasteiger partial charge in [0.25, 0.3) is 5.91 Å². The molecule has 0 spiro atoms. The van der Waals surface area contributed by atoms with Gasteiger partial charge in [0.15, 0.2) is 0 Å². The van der Waals surface area contributed by atoms with Crippen molar-refractivity contribution in [1.82, 2.24) is 19.9 Å². The van der Waals surface area contributed by atoms with Gasteiger partial charge in [0.05, 0.1) is 23.0 Å². The minimum Gasteiger partial charge on any atom is -0.349 e. The van der Waals surface area contributed by atoms with Crippen LogP contribution >= 0.6 is 0 Å². The zero-order chi connectivity index (χ0) is 22.8. The van der Waals surface area contributed by atoms with Crippen molar-refractivity contribution < 1.29 is 9.59 Å². The van der Waals surface area contributed by atoms with Gasteiger partial charge in [0.2, 0.25) is 5.91 Å². The molecule has 0 saturated heterocycles. The number of fused-ring (bicyclic) bond motifs is 2. The quantitative estimate of drug-likeness (QED) is 0.481. The number of imidazole rings is 1. The first-order chi connectivity index (χ1) is 16.1. The Labute approximate surface area is 191 Å². The minimum atomic E-state index is -0.197. The van der Waals surface area contributed by atoms with Crippen molar-refractivity contribution in [2.24, 2.45) is 0 Å². The Balaban J connectivity index is 1.39. The minimum absolute atomic E-state index is 0.0609. The Bertz CT molecular complexity index is 1300. The predicted molar refractivity (Wildman–Crippen MR) is 127 cm³/mol. The highest BCUT2D eigenvalue weighted by Crippen LogP contribution is 2.27. The molecule has 7 heteroatoms. The number of benzene rings is 2. The molecule has 0 unspecified atom stereocenters. The molecule has 7 nitrogen and oxygen atoms in total. The maximum atomic E-state index is 13.1. The Kier molecular flexibility index (Phi) is 5.60. The zero-order valence-electron chi connectivity index (χ0n) is 18.4. The van der Waals surface area contributed by atoms with Crippen molar-refractivity contribution in [1.29, 1.82) is 0 Å². The number of nitrogens with one attached hydrogen (secondary N) is 2. The molecule has 33 heavy (non-hydrogen) atoms. The van der Waals surface area contributed by atoms with Crippen LogP contribution in [-0.4, -0.2) is 32.4 Å². The van der Waals surface area contributed by atoms with Crippen LogP contribution in [0.15, 0.2) is 67.1 Å². The highest BCUT2D eigenvalue weighted by Gasteiger charge is 2.24. The van der Waals surface area contributed by atoms with Crippen LogP contribution in [0.25, 0.3) is 11.0 Å². The summed E-state index contributed by atoms with van der Waals surface area (Å²) in [5.41, 5.74) is 6.07. The van der Waals surface area contributed by atoms with E-state index < -0.39 is 0 Å². The molecule has 0 fully saturated rings. The van der Waals surface area contributed by atoms with Crippen LogP contribution in [-0.2, 0) is 30.6 Å². The summed E-state index contributed by atoms with van der Waals surface area (Å²) in [6.45, 7) is 2.12. The summed E-state index contributed by atoms with van der Waals surface area (Å²) >= 11 is 0. The van der Waals surface area contributed by atoms with Gasteiger partial charge in [-0.1, -0.05) is 30.3 Å². The van der Waals surface area contributed by atoms with E-state index in [2.05, 4.69) is 32.7 Å². The lowest BCUT2D eigenvalue weighted by Gasteiger charge is -2.14. The number of carbonyl (C=O) groups excluding carboxylic acids is 2. The second kappa shape index (κ2) is 8.86. The molecule has 0 aliphatic heterocycles. The molecule has 1 aliphatic carbocycles. The summed E-state index contributed by atoms with van der Waals surface area (Å²) < 4.78 is 1.99. The van der Waals surface area contributed by atoms with Crippen molar-refractivity contribution in [2.75, 3.05) is 5.32 Å². The zero-order valence-corrected chi connectivity index (χ0v) is 18.4. The average molecular weight is 440 g/mol. The first-order valence-corrected chi connectivity index (χ1v) is 11.1. The second-order valence-corrected chi connectivity index (χ2v) is 8.43. The largest absolute Gasteiger partial charge is 0.349 e. The summed E-state index contributed by atoms with van der Waals surface area (Å²) in [6, 6.07) is 17.7. The molecule has 1 aliphatic rings. The number of aromatic nitrogens is 3. The number of aryl methyl sites for hydroxylation is 2. The lowest BCUT2D eigenvalue weighted by atomic mass is 10.1. The number of hydrogen-bond donors (Lipinski definition) is 2. The molecule has 2 N–H and O–H groups in total. The number of rotatable bonds is 6. The van der Waals surface area contributed by atoms with E-state index >= 15 is 0 Å². The highest BCUT2D eigenvalue weighted by atomic mass is 16.2. The first-order valence-electron chi connectivity index (χ1n) is 11.1. The number of anilines is 1. The third-order valence-corrected chi connectivity index (χ3v) is 6.01. The molecular weight excluding hydrogens is 414 g/mol. The first kappa shape index (κ1) is 20.9. The fourth-order valence-electron chi connectivity index (χ4n) is 4.51. The molecule has 2 aromatic carbocycles. The number of pyridine rings is 1. The molecule has 166 valence electrons. The van der Waals surface area contributed by atoms with E-state index in [0.717, 1.165) is 30.5 Å². The molecule has 2 heterocycles. The number of hydrogen-bond acceptors (Lipinski definition) is 4. The van der Waals surface area contributed by atoms with Crippen LogP contribution in [0.3, 0.4) is 0 Å². The smallest absolute Gasteiger partial charge is 0.251 e. The highest BCUT2D eigenvalue weighted by molar-refractivity contribution is 6.05. The van der Waals surface area contributed by atoms with E-state index in [4.69, 9.17) is 0 Å². The number of nitrogens with zero attached hydrogens (tertiary/aromatic N) is 3. The summed E-state index contributed by atoms with van der Waals surface area (Å²) in [6.07, 6.45) is 5.90. The Morgan fingerprint density at radius 3 is 2.48 bits per heavy atom. The SMILES string of the molecule is CC(=O)Nc1cc(C(=O)NC2Cc3ccccc3C2)cc2ncn(CCc3ccccn3)c12. The summed E-state index contributed by atoms with van der Waals surface area (Å²) in [5, 5.41) is 6.03. The third-order valence-electron chi connectivity index (χ3n) is 6.01. The average Bonchev–Trinajstić information content (AvgIpc) is 3.41. The Hall–Kier alpha value is -4.00. The standard InChI is InChI=1S/C26H25N5O2/c1-17(32)29-24-15-20(26(33)30-22-12-18-6-2-3-7-19(18)13-22)14-23-25(24)31(16-28-23)11-9-21-8-4-5-10-27-21/h2-8,10,14-16,22H,9,11-13H2,1H3,(H,29,32)(H,30,33). The van der Waals surface area contributed by atoms with Crippen LogP contribution in [0.1, 0.15) is 34.1 Å². The summed E-state index contributed by atoms with van der Waals surface area (Å²) in [7, 11) is 0. The van der Waals surface area contributed by atoms with Crippen molar-refractivity contribution in [3.63, 3.8) is 0 Å². The van der Waals surface area contributed by atoms with Crippen LogP contribution < -0.4 is 10.6 Å². The van der Waals surface area contributed by atoms with E-state index in [9.17, 15) is 9.59 Å². The fraction of sp³-hybridized carbons (Fsp3) is 0.231. The number of carbonyl (C=O) groups is 2. The van der Waals surface area contributed by atoms with Gasteiger partial charge in [0.1, 0.15) is 0 Å². The monoisotopic (exact) mass is 439 g/mol. The van der Waals surface area contributed by atoms with Crippen LogP contribution in [0.2, 0.25) is 0 Å². The molecule has 4 aromatic rings. The fourth-order valence-corrected chi connectivity index (χ4v) is 4.51. The van der Waals surface area contributed by atoms with Gasteiger partial charge >= 0.3 is 0 Å². The lowest BCUT2D eigenvalue weighted by Crippen LogP contribution is -2.35. The lowest BCUT2D eigenvalue weighted by molar-refractivity contribution is -0.114. The van der Waals surface area contributed by atoms with Gasteiger partial charge in [0, 0.05) is 43.4 Å². The molecule has 0 atom stereocenters. The maximum absolute atomic E-state index is 13.1. The van der Waals surface area contributed by atoms with Crippen molar-refractivity contribution in [3.8, 4) is 0 Å². The topological polar surface area (TPSA) is 88.9 Å². The van der Waals surface area contributed by atoms with E-state index in [0.29, 0.717) is 23.3 Å². The molecular formula is C26H25N5O2. The van der Waals surface area contributed by atoms with E-state index in [-0.39, 0.29) is 17.9 Å². The maximum Gasteiger partial charge on any atom is 0.251 e. The third kappa shape index (κ3) is 4.48. The summed E-state index contributed by atoms with van der Waals surface area (Å²) in [5.74, 6) is -0.359. The second-order valence-electron chi connectivity index (χ2n) is 8.43. The van der Waals surface area contributed by atoms with Crippen LogP contribution in [0, 0.1) is 0 Å². The molecule has 0 radical (unpaired) electrons. The van der Waals surface area contributed by atoms with Crippen molar-refractivity contribution >= 4 is 28.5 Å².